The molecule has 0 aliphatic rings. The number of amides is 1. The molecule has 0 bridgehead atoms. The van der Waals surface area contributed by atoms with Crippen molar-refractivity contribution in [2.75, 3.05) is 13.1 Å². The Hall–Kier alpha value is -1.07. The summed E-state index contributed by atoms with van der Waals surface area (Å²) in [5, 5.41) is 2.76. The van der Waals surface area contributed by atoms with Crippen LogP contribution in [0.1, 0.15) is 13.3 Å². The highest BCUT2D eigenvalue weighted by molar-refractivity contribution is 9.10. The van der Waals surface area contributed by atoms with Gasteiger partial charge in [0.1, 0.15) is 5.75 Å². The van der Waals surface area contributed by atoms with E-state index in [1.165, 1.54) is 0 Å². The Labute approximate surface area is 110 Å². The molecule has 1 unspecified atom stereocenters. The second-order valence-electron chi connectivity index (χ2n) is 3.65. The molecule has 0 aliphatic carbocycles. The van der Waals surface area contributed by atoms with Gasteiger partial charge in [-0.25, -0.2) is 0 Å². The lowest BCUT2D eigenvalue weighted by atomic mass is 10.3. The number of ether oxygens (including phenoxy) is 1. The van der Waals surface area contributed by atoms with Crippen LogP contribution in [-0.4, -0.2) is 25.1 Å². The van der Waals surface area contributed by atoms with Crippen LogP contribution in [0.5, 0.6) is 5.75 Å². The van der Waals surface area contributed by atoms with Gasteiger partial charge in [0.15, 0.2) is 6.10 Å². The fourth-order valence-electron chi connectivity index (χ4n) is 1.23. The van der Waals surface area contributed by atoms with Crippen molar-refractivity contribution in [1.82, 2.24) is 5.32 Å². The van der Waals surface area contributed by atoms with Gasteiger partial charge in [-0.1, -0.05) is 15.9 Å². The molecule has 3 N–H and O–H groups in total. The Morgan fingerprint density at radius 1 is 1.47 bits per heavy atom. The fraction of sp³-hybridized carbons (Fsp3) is 0.417. The van der Waals surface area contributed by atoms with E-state index >= 15 is 0 Å². The van der Waals surface area contributed by atoms with Crippen LogP contribution < -0.4 is 15.8 Å². The molecular weight excluding hydrogens is 284 g/mol. The van der Waals surface area contributed by atoms with Gasteiger partial charge in [0, 0.05) is 11.0 Å². The first-order valence-corrected chi connectivity index (χ1v) is 6.33. The largest absolute Gasteiger partial charge is 0.481 e. The van der Waals surface area contributed by atoms with E-state index in [1.54, 1.807) is 6.92 Å². The number of benzene rings is 1. The smallest absolute Gasteiger partial charge is 0.260 e. The Bertz CT molecular complexity index is 354. The summed E-state index contributed by atoms with van der Waals surface area (Å²) in [7, 11) is 0. The van der Waals surface area contributed by atoms with E-state index in [4.69, 9.17) is 10.5 Å². The van der Waals surface area contributed by atoms with E-state index < -0.39 is 6.10 Å². The highest BCUT2D eigenvalue weighted by Crippen LogP contribution is 2.17. The van der Waals surface area contributed by atoms with E-state index in [1.807, 2.05) is 24.3 Å². The van der Waals surface area contributed by atoms with Crippen molar-refractivity contribution in [3.8, 4) is 5.75 Å². The average molecular weight is 301 g/mol. The van der Waals surface area contributed by atoms with Crippen LogP contribution in [0.3, 0.4) is 0 Å². The zero-order chi connectivity index (χ0) is 12.7. The molecule has 1 aromatic rings. The van der Waals surface area contributed by atoms with Crippen LogP contribution in [0.4, 0.5) is 0 Å². The van der Waals surface area contributed by atoms with Crippen molar-refractivity contribution in [2.45, 2.75) is 19.4 Å². The van der Waals surface area contributed by atoms with Crippen LogP contribution in [0.2, 0.25) is 0 Å². The minimum Gasteiger partial charge on any atom is -0.481 e. The molecule has 0 aromatic heterocycles. The highest BCUT2D eigenvalue weighted by Gasteiger charge is 2.13. The molecule has 0 heterocycles. The Balaban J connectivity index is 2.40. The summed E-state index contributed by atoms with van der Waals surface area (Å²) >= 11 is 3.34. The van der Waals surface area contributed by atoms with Gasteiger partial charge in [-0.2, -0.15) is 0 Å². The third-order valence-corrected chi connectivity index (χ3v) is 2.70. The second kappa shape index (κ2) is 7.29. The second-order valence-corrected chi connectivity index (χ2v) is 4.56. The molecule has 1 aromatic carbocycles. The first-order valence-electron chi connectivity index (χ1n) is 5.53. The lowest BCUT2D eigenvalue weighted by Crippen LogP contribution is -2.37. The van der Waals surface area contributed by atoms with Gasteiger partial charge < -0.3 is 15.8 Å². The van der Waals surface area contributed by atoms with Crippen molar-refractivity contribution in [1.29, 1.82) is 0 Å². The number of hydrogen-bond acceptors (Lipinski definition) is 3. The standard InChI is InChI=1S/C12H17BrN2O2/c1-9(12(16)15-8-2-7-14)17-11-5-3-10(13)4-6-11/h3-6,9H,2,7-8,14H2,1H3,(H,15,16). The average Bonchev–Trinajstić information content (AvgIpc) is 2.32. The molecule has 0 saturated carbocycles. The van der Waals surface area contributed by atoms with E-state index in [2.05, 4.69) is 21.2 Å². The predicted molar refractivity (Wildman–Crippen MR) is 70.9 cm³/mol. The van der Waals surface area contributed by atoms with Crippen LogP contribution in [0, 0.1) is 0 Å². The van der Waals surface area contributed by atoms with Gasteiger partial charge in [-0.3, -0.25) is 4.79 Å². The Morgan fingerprint density at radius 2 is 2.12 bits per heavy atom. The molecule has 0 radical (unpaired) electrons. The van der Waals surface area contributed by atoms with Crippen molar-refractivity contribution < 1.29 is 9.53 Å². The third-order valence-electron chi connectivity index (χ3n) is 2.18. The lowest BCUT2D eigenvalue weighted by molar-refractivity contribution is -0.127. The maximum absolute atomic E-state index is 11.6. The summed E-state index contributed by atoms with van der Waals surface area (Å²) in [5.41, 5.74) is 5.34. The number of carbonyl (C=O) groups excluding carboxylic acids is 1. The molecule has 4 nitrogen and oxygen atoms in total. The Kier molecular flexibility index (Phi) is 6.00. The van der Waals surface area contributed by atoms with Gasteiger partial charge in [-0.05, 0) is 44.2 Å². The predicted octanol–water partition coefficient (Wildman–Crippen LogP) is 1.68. The van der Waals surface area contributed by atoms with Crippen LogP contribution in [-0.2, 0) is 4.79 Å². The molecule has 1 rings (SSSR count). The summed E-state index contributed by atoms with van der Waals surface area (Å²) in [6.45, 7) is 2.88. The van der Waals surface area contributed by atoms with Gasteiger partial charge in [-0.15, -0.1) is 0 Å². The van der Waals surface area contributed by atoms with Gasteiger partial charge in [0.25, 0.3) is 5.91 Å². The normalized spacial score (nSPS) is 11.9. The van der Waals surface area contributed by atoms with Crippen molar-refractivity contribution in [3.05, 3.63) is 28.7 Å². The molecule has 0 aliphatic heterocycles. The molecule has 0 spiro atoms. The van der Waals surface area contributed by atoms with Gasteiger partial charge >= 0.3 is 0 Å². The minimum absolute atomic E-state index is 0.124. The zero-order valence-corrected chi connectivity index (χ0v) is 11.4. The molecule has 94 valence electrons. The molecular formula is C12H17BrN2O2. The third kappa shape index (κ3) is 5.19. The molecule has 5 heteroatoms. The number of nitrogens with two attached hydrogens (primary N) is 1. The zero-order valence-electron chi connectivity index (χ0n) is 9.78. The van der Waals surface area contributed by atoms with Gasteiger partial charge in [0.05, 0.1) is 0 Å². The molecule has 0 saturated heterocycles. The van der Waals surface area contributed by atoms with Crippen molar-refractivity contribution in [3.63, 3.8) is 0 Å². The van der Waals surface area contributed by atoms with Crippen molar-refractivity contribution in [2.24, 2.45) is 5.73 Å². The van der Waals surface area contributed by atoms with Gasteiger partial charge in [0.2, 0.25) is 0 Å². The molecule has 17 heavy (non-hydrogen) atoms. The van der Waals surface area contributed by atoms with Crippen LogP contribution in [0.25, 0.3) is 0 Å². The minimum atomic E-state index is -0.506. The number of hydrogen-bond donors (Lipinski definition) is 2. The Morgan fingerprint density at radius 3 is 2.71 bits per heavy atom. The number of carbonyl (C=O) groups is 1. The lowest BCUT2D eigenvalue weighted by Gasteiger charge is -2.14. The SMILES string of the molecule is CC(Oc1ccc(Br)cc1)C(=O)NCCCN. The molecule has 1 amide bonds. The number of rotatable bonds is 6. The van der Waals surface area contributed by atoms with E-state index in [0.717, 1.165) is 10.9 Å². The maximum Gasteiger partial charge on any atom is 0.260 e. The van der Waals surface area contributed by atoms with Crippen LogP contribution >= 0.6 is 15.9 Å². The quantitative estimate of drug-likeness (QED) is 0.786. The summed E-state index contributed by atoms with van der Waals surface area (Å²) in [4.78, 5) is 11.6. The highest BCUT2D eigenvalue weighted by atomic mass is 79.9. The van der Waals surface area contributed by atoms with E-state index in [0.29, 0.717) is 18.8 Å². The summed E-state index contributed by atoms with van der Waals surface area (Å²) < 4.78 is 6.47. The number of halogens is 1. The first kappa shape index (κ1) is 14.0. The topological polar surface area (TPSA) is 64.3 Å². The van der Waals surface area contributed by atoms with Crippen LogP contribution in [0.15, 0.2) is 28.7 Å². The van der Waals surface area contributed by atoms with E-state index in [-0.39, 0.29) is 5.91 Å². The monoisotopic (exact) mass is 300 g/mol. The molecule has 0 fully saturated rings. The summed E-state index contributed by atoms with van der Waals surface area (Å²) in [6.07, 6.45) is 0.269. The summed E-state index contributed by atoms with van der Waals surface area (Å²) in [5.74, 6) is 0.552. The first-order chi connectivity index (χ1) is 8.13. The maximum atomic E-state index is 11.6. The van der Waals surface area contributed by atoms with Crippen molar-refractivity contribution >= 4 is 21.8 Å². The van der Waals surface area contributed by atoms with E-state index in [9.17, 15) is 4.79 Å². The fourth-order valence-corrected chi connectivity index (χ4v) is 1.49. The number of nitrogens with one attached hydrogen (secondary N) is 1. The summed E-state index contributed by atoms with van der Waals surface area (Å²) in [6, 6.07) is 7.37. The molecule has 1 atom stereocenters.